The summed E-state index contributed by atoms with van der Waals surface area (Å²) >= 11 is 5.18. The molecule has 0 aliphatic rings. The molecule has 0 radical (unpaired) electrons. The summed E-state index contributed by atoms with van der Waals surface area (Å²) in [6, 6.07) is 14.4. The van der Waals surface area contributed by atoms with Gasteiger partial charge in [-0.05, 0) is 36.5 Å². The first kappa shape index (κ1) is 13.2. The molecule has 2 rings (SSSR count). The van der Waals surface area contributed by atoms with Crippen LogP contribution in [0.25, 0.3) is 0 Å². The minimum Gasteiger partial charge on any atom is -0.506 e. The van der Waals surface area contributed by atoms with Crippen molar-refractivity contribution < 1.29 is 9.84 Å². The Morgan fingerprint density at radius 1 is 1.11 bits per heavy atom. The predicted octanol–water partition coefficient (Wildman–Crippen LogP) is 3.21. The first-order valence-corrected chi connectivity index (χ1v) is 6.10. The van der Waals surface area contributed by atoms with E-state index in [1.807, 2.05) is 30.3 Å². The van der Waals surface area contributed by atoms with Crippen molar-refractivity contribution in [1.29, 1.82) is 0 Å². The van der Waals surface area contributed by atoms with Crippen LogP contribution in [0.1, 0.15) is 0 Å². The zero-order chi connectivity index (χ0) is 13.7. The molecular weight excluding hydrogens is 260 g/mol. The number of anilines is 2. The molecule has 0 spiro atoms. The fourth-order valence-electron chi connectivity index (χ4n) is 1.55. The molecule has 0 heterocycles. The Kier molecular flexibility index (Phi) is 4.20. The molecule has 0 aromatic heterocycles. The molecule has 5 heteroatoms. The van der Waals surface area contributed by atoms with Gasteiger partial charge in [-0.25, -0.2) is 0 Å². The maximum absolute atomic E-state index is 9.74. The Morgan fingerprint density at radius 3 is 2.53 bits per heavy atom. The Bertz CT molecular complexity index is 573. The van der Waals surface area contributed by atoms with E-state index in [9.17, 15) is 5.11 Å². The lowest BCUT2D eigenvalue weighted by atomic mass is 10.2. The molecule has 0 amide bonds. The van der Waals surface area contributed by atoms with Gasteiger partial charge in [0, 0.05) is 11.8 Å². The van der Waals surface area contributed by atoms with Crippen molar-refractivity contribution >= 4 is 28.7 Å². The molecule has 2 aromatic rings. The van der Waals surface area contributed by atoms with Crippen molar-refractivity contribution in [2.75, 3.05) is 17.7 Å². The number of hydrogen-bond donors (Lipinski definition) is 3. The molecule has 0 saturated heterocycles. The number of rotatable bonds is 3. The van der Waals surface area contributed by atoms with E-state index in [1.165, 1.54) is 0 Å². The highest BCUT2D eigenvalue weighted by Crippen LogP contribution is 2.27. The van der Waals surface area contributed by atoms with E-state index in [4.69, 9.17) is 17.0 Å². The molecule has 0 aliphatic heterocycles. The molecule has 0 atom stereocenters. The topological polar surface area (TPSA) is 53.5 Å². The SMILES string of the molecule is COc1ccc(O)c(NC(=S)Nc2ccccc2)c1. The second kappa shape index (κ2) is 6.06. The van der Waals surface area contributed by atoms with Gasteiger partial charge in [0.1, 0.15) is 11.5 Å². The second-order valence-corrected chi connectivity index (χ2v) is 4.24. The zero-order valence-electron chi connectivity index (χ0n) is 10.4. The lowest BCUT2D eigenvalue weighted by Crippen LogP contribution is -2.19. The minimum atomic E-state index is 0.109. The summed E-state index contributed by atoms with van der Waals surface area (Å²) in [5, 5.41) is 16.1. The molecule has 0 saturated carbocycles. The highest BCUT2D eigenvalue weighted by Gasteiger charge is 2.05. The van der Waals surface area contributed by atoms with Crippen LogP contribution in [0.5, 0.6) is 11.5 Å². The number of phenolic OH excluding ortho intramolecular Hbond substituents is 1. The third-order valence-electron chi connectivity index (χ3n) is 2.48. The van der Waals surface area contributed by atoms with E-state index in [1.54, 1.807) is 25.3 Å². The summed E-state index contributed by atoms with van der Waals surface area (Å²) in [4.78, 5) is 0. The normalized spacial score (nSPS) is 9.74. The summed E-state index contributed by atoms with van der Waals surface area (Å²) in [6.45, 7) is 0. The smallest absolute Gasteiger partial charge is 0.175 e. The molecule has 3 N–H and O–H groups in total. The molecule has 0 fully saturated rings. The van der Waals surface area contributed by atoms with Crippen LogP contribution >= 0.6 is 12.2 Å². The maximum Gasteiger partial charge on any atom is 0.175 e. The summed E-state index contributed by atoms with van der Waals surface area (Å²) in [5.74, 6) is 0.751. The van der Waals surface area contributed by atoms with Crippen molar-refractivity contribution in [2.45, 2.75) is 0 Å². The first-order chi connectivity index (χ1) is 9.19. The third kappa shape index (κ3) is 3.59. The van der Waals surface area contributed by atoms with Crippen LogP contribution in [0.4, 0.5) is 11.4 Å². The van der Waals surface area contributed by atoms with Gasteiger partial charge in [0.15, 0.2) is 5.11 Å². The van der Waals surface area contributed by atoms with Gasteiger partial charge in [0.25, 0.3) is 0 Å². The van der Waals surface area contributed by atoms with Crippen LogP contribution in [0.3, 0.4) is 0 Å². The number of ether oxygens (including phenoxy) is 1. The second-order valence-electron chi connectivity index (χ2n) is 3.83. The molecule has 19 heavy (non-hydrogen) atoms. The molecule has 98 valence electrons. The van der Waals surface area contributed by atoms with Gasteiger partial charge in [0.05, 0.1) is 12.8 Å². The standard InChI is InChI=1S/C14H14N2O2S/c1-18-11-7-8-13(17)12(9-11)16-14(19)15-10-5-3-2-4-6-10/h2-9,17H,1H3,(H2,15,16,19). The summed E-state index contributed by atoms with van der Waals surface area (Å²) in [7, 11) is 1.57. The Labute approximate surface area is 117 Å². The molecule has 4 nitrogen and oxygen atoms in total. The molecule has 0 bridgehead atoms. The van der Waals surface area contributed by atoms with Gasteiger partial charge in [-0.3, -0.25) is 0 Å². The highest BCUT2D eigenvalue weighted by molar-refractivity contribution is 7.80. The van der Waals surface area contributed by atoms with Crippen LogP contribution in [-0.2, 0) is 0 Å². The monoisotopic (exact) mass is 274 g/mol. The van der Waals surface area contributed by atoms with E-state index < -0.39 is 0 Å². The number of phenols is 1. The van der Waals surface area contributed by atoms with E-state index in [-0.39, 0.29) is 5.75 Å². The summed E-state index contributed by atoms with van der Waals surface area (Å²) in [5.41, 5.74) is 1.37. The van der Waals surface area contributed by atoms with Crippen molar-refractivity contribution in [3.63, 3.8) is 0 Å². The van der Waals surface area contributed by atoms with Gasteiger partial charge in [-0.15, -0.1) is 0 Å². The highest BCUT2D eigenvalue weighted by atomic mass is 32.1. The predicted molar refractivity (Wildman–Crippen MR) is 80.9 cm³/mol. The largest absolute Gasteiger partial charge is 0.506 e. The molecular formula is C14H14N2O2S. The quantitative estimate of drug-likeness (QED) is 0.593. The van der Waals surface area contributed by atoms with Gasteiger partial charge >= 0.3 is 0 Å². The van der Waals surface area contributed by atoms with Crippen molar-refractivity contribution in [1.82, 2.24) is 0 Å². The fraction of sp³-hybridized carbons (Fsp3) is 0.0714. The van der Waals surface area contributed by atoms with E-state index in [0.29, 0.717) is 16.5 Å². The number of methoxy groups -OCH3 is 1. The van der Waals surface area contributed by atoms with Crippen LogP contribution in [-0.4, -0.2) is 17.3 Å². The zero-order valence-corrected chi connectivity index (χ0v) is 11.2. The van der Waals surface area contributed by atoms with Crippen LogP contribution in [0.15, 0.2) is 48.5 Å². The van der Waals surface area contributed by atoms with E-state index in [0.717, 1.165) is 5.69 Å². The van der Waals surface area contributed by atoms with Crippen LogP contribution in [0.2, 0.25) is 0 Å². The van der Waals surface area contributed by atoms with Crippen LogP contribution < -0.4 is 15.4 Å². The number of aromatic hydroxyl groups is 1. The fourth-order valence-corrected chi connectivity index (χ4v) is 1.78. The number of para-hydroxylation sites is 1. The molecule has 2 aromatic carbocycles. The Balaban J connectivity index is 2.06. The molecule has 0 unspecified atom stereocenters. The lowest BCUT2D eigenvalue weighted by Gasteiger charge is -2.12. The van der Waals surface area contributed by atoms with Crippen molar-refractivity contribution in [3.05, 3.63) is 48.5 Å². The summed E-state index contributed by atoms with van der Waals surface area (Å²) < 4.78 is 5.09. The number of nitrogens with one attached hydrogen (secondary N) is 2. The van der Waals surface area contributed by atoms with Gasteiger partial charge in [-0.1, -0.05) is 18.2 Å². The van der Waals surface area contributed by atoms with Gasteiger partial charge < -0.3 is 20.5 Å². The van der Waals surface area contributed by atoms with Crippen molar-refractivity contribution in [2.24, 2.45) is 0 Å². The average Bonchev–Trinajstić information content (AvgIpc) is 2.42. The third-order valence-corrected chi connectivity index (χ3v) is 2.69. The Morgan fingerprint density at radius 2 is 1.84 bits per heavy atom. The summed E-state index contributed by atoms with van der Waals surface area (Å²) in [6.07, 6.45) is 0. The maximum atomic E-state index is 9.74. The number of hydrogen-bond acceptors (Lipinski definition) is 3. The average molecular weight is 274 g/mol. The first-order valence-electron chi connectivity index (χ1n) is 5.69. The Hall–Kier alpha value is -2.27. The van der Waals surface area contributed by atoms with Gasteiger partial charge in [0.2, 0.25) is 0 Å². The minimum absolute atomic E-state index is 0.109. The number of thiocarbonyl (C=S) groups is 1. The van der Waals surface area contributed by atoms with Gasteiger partial charge in [-0.2, -0.15) is 0 Å². The number of benzene rings is 2. The van der Waals surface area contributed by atoms with Crippen molar-refractivity contribution in [3.8, 4) is 11.5 Å². The lowest BCUT2D eigenvalue weighted by molar-refractivity contribution is 0.413. The molecule has 0 aliphatic carbocycles. The van der Waals surface area contributed by atoms with E-state index in [2.05, 4.69) is 10.6 Å². The van der Waals surface area contributed by atoms with E-state index >= 15 is 0 Å². The van der Waals surface area contributed by atoms with Crippen LogP contribution in [0, 0.1) is 0 Å².